The fourth-order valence-corrected chi connectivity index (χ4v) is 8.06. The molecule has 0 saturated carbocycles. The van der Waals surface area contributed by atoms with Gasteiger partial charge in [-0.15, -0.1) is 0 Å². The molecule has 6 aliphatic heterocycles. The molecule has 0 aliphatic carbocycles. The molecule has 3 unspecified atom stereocenters. The number of piperidine rings is 1. The molecule has 1 spiro atoms. The molecule has 5 bridgehead atoms. The second kappa shape index (κ2) is 5.75. The van der Waals surface area contributed by atoms with Crippen molar-refractivity contribution in [2.75, 3.05) is 13.7 Å². The maximum absolute atomic E-state index is 12.2. The summed E-state index contributed by atoms with van der Waals surface area (Å²) in [4.78, 5) is 14.8. The van der Waals surface area contributed by atoms with Crippen LogP contribution in [0.5, 0.6) is 0 Å². The first-order chi connectivity index (χ1) is 13.9. The van der Waals surface area contributed by atoms with Gasteiger partial charge in [0, 0.05) is 18.5 Å². The van der Waals surface area contributed by atoms with Crippen molar-refractivity contribution >= 4 is 5.97 Å². The zero-order chi connectivity index (χ0) is 20.3. The Morgan fingerprint density at radius 2 is 2.14 bits per heavy atom. The highest BCUT2D eigenvalue weighted by Gasteiger charge is 2.85. The maximum Gasteiger partial charge on any atom is 0.338 e. The van der Waals surface area contributed by atoms with Gasteiger partial charge in [0.1, 0.15) is 11.9 Å². The molecular formula is C22H31NO6. The Morgan fingerprint density at radius 3 is 2.86 bits per heavy atom. The van der Waals surface area contributed by atoms with Crippen LogP contribution in [0.1, 0.15) is 46.5 Å². The van der Waals surface area contributed by atoms with Crippen LogP contribution in [0.4, 0.5) is 0 Å². The quantitative estimate of drug-likeness (QED) is 0.696. The topological polar surface area (TPSA) is 77.5 Å². The SMILES string of the molecule is CCCC[C@@]12[C@H]3C[C@H]4[C@H]5[C@H](C)C(C6OC(=O)C(C)=C6OC)O[C@]5(O3)[C@@H]1[C@H](O)CN42. The lowest BCUT2D eigenvalue weighted by atomic mass is 9.68. The minimum absolute atomic E-state index is 0.0454. The summed E-state index contributed by atoms with van der Waals surface area (Å²) in [5.74, 6) is -0.298. The van der Waals surface area contributed by atoms with Gasteiger partial charge < -0.3 is 24.1 Å². The van der Waals surface area contributed by atoms with E-state index in [1.165, 1.54) is 0 Å². The number of β-amino-alcohol motifs (C(OH)–C–C–N with tert-alkyl or cyclic N) is 1. The molecule has 5 saturated heterocycles. The van der Waals surface area contributed by atoms with Crippen LogP contribution in [0.2, 0.25) is 0 Å². The van der Waals surface area contributed by atoms with E-state index >= 15 is 0 Å². The number of carbonyl (C=O) groups excluding carboxylic acids is 1. The van der Waals surface area contributed by atoms with Gasteiger partial charge in [-0.3, -0.25) is 4.90 Å². The van der Waals surface area contributed by atoms with E-state index in [4.69, 9.17) is 18.9 Å². The Balaban J connectivity index is 1.41. The second-order valence-electron chi connectivity index (χ2n) is 9.91. The van der Waals surface area contributed by atoms with Crippen LogP contribution in [-0.4, -0.2) is 71.4 Å². The van der Waals surface area contributed by atoms with Crippen molar-refractivity contribution < 1.29 is 28.8 Å². The number of rotatable bonds is 5. The highest BCUT2D eigenvalue weighted by Crippen LogP contribution is 2.72. The summed E-state index contributed by atoms with van der Waals surface area (Å²) in [5.41, 5.74) is 0.410. The van der Waals surface area contributed by atoms with Crippen LogP contribution in [0, 0.1) is 17.8 Å². The van der Waals surface area contributed by atoms with E-state index in [9.17, 15) is 9.90 Å². The Bertz CT molecular complexity index is 798. The molecule has 0 radical (unpaired) electrons. The summed E-state index contributed by atoms with van der Waals surface area (Å²) >= 11 is 0. The lowest BCUT2D eigenvalue weighted by Gasteiger charge is -2.49. The summed E-state index contributed by atoms with van der Waals surface area (Å²) in [6, 6.07) is 0.354. The zero-order valence-corrected chi connectivity index (χ0v) is 17.6. The third-order valence-corrected chi connectivity index (χ3v) is 8.92. The highest BCUT2D eigenvalue weighted by molar-refractivity contribution is 5.91. The van der Waals surface area contributed by atoms with Crippen LogP contribution in [0.15, 0.2) is 11.3 Å². The third-order valence-electron chi connectivity index (χ3n) is 8.92. The number of cyclic esters (lactones) is 1. The molecule has 7 heteroatoms. The molecule has 0 amide bonds. The molecule has 6 aliphatic rings. The lowest BCUT2D eigenvalue weighted by molar-refractivity contribution is -0.286. The number of carbonyl (C=O) groups is 1. The number of hydrogen-bond donors (Lipinski definition) is 1. The Kier molecular flexibility index (Phi) is 3.69. The van der Waals surface area contributed by atoms with Crippen LogP contribution < -0.4 is 0 Å². The number of hydrogen-bond acceptors (Lipinski definition) is 7. The third kappa shape index (κ3) is 1.88. The minimum Gasteiger partial charge on any atom is -0.496 e. The van der Waals surface area contributed by atoms with Gasteiger partial charge in [0.2, 0.25) is 0 Å². The molecule has 160 valence electrons. The largest absolute Gasteiger partial charge is 0.496 e. The number of unbranched alkanes of at least 4 members (excludes halogenated alkanes) is 1. The fourth-order valence-electron chi connectivity index (χ4n) is 8.06. The summed E-state index contributed by atoms with van der Waals surface area (Å²) in [6.45, 7) is 6.85. The van der Waals surface area contributed by atoms with Crippen molar-refractivity contribution in [3.8, 4) is 0 Å². The van der Waals surface area contributed by atoms with Crippen LogP contribution in [0.3, 0.4) is 0 Å². The minimum atomic E-state index is -0.778. The van der Waals surface area contributed by atoms with Gasteiger partial charge in [-0.1, -0.05) is 26.7 Å². The van der Waals surface area contributed by atoms with Crippen molar-refractivity contribution in [1.29, 1.82) is 0 Å². The second-order valence-corrected chi connectivity index (χ2v) is 9.91. The van der Waals surface area contributed by atoms with Crippen molar-refractivity contribution in [3.05, 3.63) is 11.3 Å². The fraction of sp³-hybridized carbons (Fsp3) is 0.864. The van der Waals surface area contributed by atoms with Crippen molar-refractivity contribution in [1.82, 2.24) is 4.90 Å². The van der Waals surface area contributed by atoms with E-state index in [0.29, 0.717) is 17.4 Å². The summed E-state index contributed by atoms with van der Waals surface area (Å²) < 4.78 is 24.7. The maximum atomic E-state index is 12.2. The van der Waals surface area contributed by atoms with Gasteiger partial charge in [0.25, 0.3) is 0 Å². The summed E-state index contributed by atoms with van der Waals surface area (Å²) in [7, 11) is 1.58. The number of aliphatic hydroxyl groups excluding tert-OH is 1. The molecule has 1 N–H and O–H groups in total. The van der Waals surface area contributed by atoms with Crippen LogP contribution in [0.25, 0.3) is 0 Å². The number of aliphatic hydroxyl groups is 1. The molecular weight excluding hydrogens is 374 g/mol. The average molecular weight is 405 g/mol. The van der Waals surface area contributed by atoms with Gasteiger partial charge in [-0.2, -0.15) is 0 Å². The number of esters is 1. The molecule has 5 fully saturated rings. The summed E-state index contributed by atoms with van der Waals surface area (Å²) in [6.07, 6.45) is 3.12. The van der Waals surface area contributed by atoms with E-state index < -0.39 is 18.0 Å². The summed E-state index contributed by atoms with van der Waals surface area (Å²) in [5, 5.41) is 11.1. The molecule has 29 heavy (non-hydrogen) atoms. The van der Waals surface area contributed by atoms with E-state index in [-0.39, 0.29) is 41.5 Å². The van der Waals surface area contributed by atoms with Gasteiger partial charge in [-0.25, -0.2) is 4.79 Å². The predicted molar refractivity (Wildman–Crippen MR) is 102 cm³/mol. The molecule has 6 rings (SSSR count). The number of nitrogens with zero attached hydrogens (tertiary/aromatic N) is 1. The average Bonchev–Trinajstić information content (AvgIpc) is 3.37. The van der Waals surface area contributed by atoms with E-state index in [0.717, 1.165) is 32.2 Å². The first kappa shape index (κ1) is 18.6. The molecule has 11 atom stereocenters. The Morgan fingerprint density at radius 1 is 1.34 bits per heavy atom. The normalized spacial score (nSPS) is 56.4. The predicted octanol–water partition coefficient (Wildman–Crippen LogP) is 1.59. The van der Waals surface area contributed by atoms with E-state index in [2.05, 4.69) is 18.7 Å². The van der Waals surface area contributed by atoms with E-state index in [1.54, 1.807) is 14.0 Å². The Hall–Kier alpha value is -1.15. The van der Waals surface area contributed by atoms with Crippen molar-refractivity contribution in [3.63, 3.8) is 0 Å². The van der Waals surface area contributed by atoms with E-state index in [1.807, 2.05) is 0 Å². The van der Waals surface area contributed by atoms with Crippen molar-refractivity contribution in [2.24, 2.45) is 17.8 Å². The van der Waals surface area contributed by atoms with Gasteiger partial charge in [-0.05, 0) is 25.7 Å². The first-order valence-corrected chi connectivity index (χ1v) is 11.2. The monoisotopic (exact) mass is 405 g/mol. The first-order valence-electron chi connectivity index (χ1n) is 11.2. The number of methoxy groups -OCH3 is 1. The zero-order valence-electron chi connectivity index (χ0n) is 17.6. The molecule has 7 nitrogen and oxygen atoms in total. The van der Waals surface area contributed by atoms with Crippen LogP contribution in [-0.2, 0) is 23.7 Å². The van der Waals surface area contributed by atoms with Gasteiger partial charge in [0.15, 0.2) is 11.9 Å². The van der Waals surface area contributed by atoms with Crippen molar-refractivity contribution in [2.45, 2.75) is 88.2 Å². The lowest BCUT2D eigenvalue weighted by Crippen LogP contribution is -2.62. The molecule has 0 aromatic heterocycles. The van der Waals surface area contributed by atoms with Crippen LogP contribution >= 0.6 is 0 Å². The number of fused-ring (bicyclic) bond motifs is 1. The van der Waals surface area contributed by atoms with Gasteiger partial charge >= 0.3 is 5.97 Å². The standard InChI is InChI=1S/C22H31NO6/c1-5-6-7-21-14-8-12-15-10(2)17(18-16(26-4)11(3)20(25)27-18)29-22(15,28-14)19(21)13(24)9-23(12)21/h10,12-15,17-19,24H,5-9H2,1-4H3/t10-,12-,13+,14+,15+,17?,18?,19+,21+,22-/m0/s1. The molecule has 0 aromatic rings. The molecule has 0 aromatic carbocycles. The smallest absolute Gasteiger partial charge is 0.338 e. The highest BCUT2D eigenvalue weighted by atomic mass is 16.7. The number of ether oxygens (including phenoxy) is 4. The van der Waals surface area contributed by atoms with Gasteiger partial charge in [0.05, 0.1) is 36.3 Å². The Labute approximate surface area is 171 Å². The molecule has 6 heterocycles.